The Morgan fingerprint density at radius 1 is 1.21 bits per heavy atom. The Morgan fingerprint density at radius 2 is 1.89 bits per heavy atom. The molecule has 0 spiro atoms. The highest BCUT2D eigenvalue weighted by molar-refractivity contribution is 5.35. The maximum Gasteiger partial charge on any atom is 0.0998 e. The molecule has 2 N–H and O–H groups in total. The number of nitrogens with zero attached hydrogens (tertiary/aromatic N) is 3. The van der Waals surface area contributed by atoms with Crippen LogP contribution in [0.15, 0.2) is 30.5 Å². The van der Waals surface area contributed by atoms with Gasteiger partial charge in [0.2, 0.25) is 0 Å². The second-order valence-electron chi connectivity index (χ2n) is 5.23. The van der Waals surface area contributed by atoms with Gasteiger partial charge in [0.05, 0.1) is 23.6 Å². The second kappa shape index (κ2) is 5.97. The van der Waals surface area contributed by atoms with Gasteiger partial charge in [-0.2, -0.15) is 0 Å². The lowest BCUT2D eigenvalue weighted by Gasteiger charge is -2.06. The SMILES string of the molecule is CCCC(N)c1cn(-c2ccc(C(C)C)cc2)nn1. The van der Waals surface area contributed by atoms with Crippen LogP contribution in [0.3, 0.4) is 0 Å². The second-order valence-corrected chi connectivity index (χ2v) is 5.23. The minimum absolute atomic E-state index is 0.0197. The summed E-state index contributed by atoms with van der Waals surface area (Å²) in [5.74, 6) is 0.540. The number of aromatic nitrogens is 3. The third-order valence-corrected chi connectivity index (χ3v) is 3.31. The molecule has 4 nitrogen and oxygen atoms in total. The fourth-order valence-electron chi connectivity index (χ4n) is 2.04. The normalized spacial score (nSPS) is 12.9. The maximum absolute atomic E-state index is 6.04. The van der Waals surface area contributed by atoms with Gasteiger partial charge in [-0.05, 0) is 30.0 Å². The van der Waals surface area contributed by atoms with Gasteiger partial charge in [-0.25, -0.2) is 4.68 Å². The highest BCUT2D eigenvalue weighted by atomic mass is 15.4. The third-order valence-electron chi connectivity index (χ3n) is 3.31. The molecule has 0 aliphatic carbocycles. The van der Waals surface area contributed by atoms with Gasteiger partial charge in [0.1, 0.15) is 0 Å². The Labute approximate surface area is 114 Å². The Morgan fingerprint density at radius 3 is 2.47 bits per heavy atom. The van der Waals surface area contributed by atoms with Crippen LogP contribution in [0.1, 0.15) is 56.8 Å². The largest absolute Gasteiger partial charge is 0.323 e. The molecule has 4 heteroatoms. The molecule has 0 radical (unpaired) electrons. The molecule has 1 atom stereocenters. The van der Waals surface area contributed by atoms with Crippen LogP contribution in [0.2, 0.25) is 0 Å². The Bertz CT molecular complexity index is 513. The molecule has 0 aliphatic heterocycles. The van der Waals surface area contributed by atoms with Crippen molar-refractivity contribution in [3.8, 4) is 5.69 Å². The first-order chi connectivity index (χ1) is 9.11. The summed E-state index contributed by atoms with van der Waals surface area (Å²) in [6, 6.07) is 8.38. The van der Waals surface area contributed by atoms with Crippen LogP contribution in [-0.4, -0.2) is 15.0 Å². The van der Waals surface area contributed by atoms with E-state index < -0.39 is 0 Å². The first kappa shape index (κ1) is 13.7. The van der Waals surface area contributed by atoms with E-state index in [1.165, 1.54) is 5.56 Å². The number of nitrogens with two attached hydrogens (primary N) is 1. The minimum Gasteiger partial charge on any atom is -0.323 e. The van der Waals surface area contributed by atoms with Crippen LogP contribution in [0.4, 0.5) is 0 Å². The van der Waals surface area contributed by atoms with Crippen LogP contribution in [0.25, 0.3) is 5.69 Å². The summed E-state index contributed by atoms with van der Waals surface area (Å²) < 4.78 is 1.79. The fraction of sp³-hybridized carbons (Fsp3) is 0.467. The zero-order chi connectivity index (χ0) is 13.8. The van der Waals surface area contributed by atoms with Gasteiger partial charge in [0.15, 0.2) is 0 Å². The minimum atomic E-state index is -0.0197. The molecule has 0 saturated carbocycles. The summed E-state index contributed by atoms with van der Waals surface area (Å²) in [6.45, 7) is 6.49. The predicted molar refractivity (Wildman–Crippen MR) is 77.3 cm³/mol. The quantitative estimate of drug-likeness (QED) is 0.896. The van der Waals surface area contributed by atoms with Gasteiger partial charge < -0.3 is 5.73 Å². The van der Waals surface area contributed by atoms with Crippen molar-refractivity contribution < 1.29 is 0 Å². The van der Waals surface area contributed by atoms with Crippen molar-refractivity contribution in [3.05, 3.63) is 41.7 Å². The van der Waals surface area contributed by atoms with Crippen molar-refractivity contribution in [1.82, 2.24) is 15.0 Å². The van der Waals surface area contributed by atoms with Crippen molar-refractivity contribution >= 4 is 0 Å². The molecule has 2 rings (SSSR count). The van der Waals surface area contributed by atoms with E-state index in [1.807, 2.05) is 6.20 Å². The van der Waals surface area contributed by atoms with E-state index >= 15 is 0 Å². The van der Waals surface area contributed by atoms with E-state index in [0.29, 0.717) is 5.92 Å². The van der Waals surface area contributed by atoms with Gasteiger partial charge in [-0.15, -0.1) is 5.10 Å². The molecular weight excluding hydrogens is 236 g/mol. The van der Waals surface area contributed by atoms with Crippen molar-refractivity contribution in [2.45, 2.75) is 45.6 Å². The standard InChI is InChI=1S/C15H22N4/c1-4-5-14(16)15-10-19(18-17-15)13-8-6-12(7-9-13)11(2)3/h6-11,14H,4-5,16H2,1-3H3. The topological polar surface area (TPSA) is 56.7 Å². The molecule has 0 fully saturated rings. The van der Waals surface area contributed by atoms with Crippen LogP contribution >= 0.6 is 0 Å². The van der Waals surface area contributed by atoms with Crippen molar-refractivity contribution in [3.63, 3.8) is 0 Å². The lowest BCUT2D eigenvalue weighted by atomic mass is 10.0. The summed E-state index contributed by atoms with van der Waals surface area (Å²) in [6.07, 6.45) is 3.91. The smallest absolute Gasteiger partial charge is 0.0998 e. The van der Waals surface area contributed by atoms with Gasteiger partial charge in [0, 0.05) is 0 Å². The average Bonchev–Trinajstić information content (AvgIpc) is 2.89. The van der Waals surface area contributed by atoms with Crippen LogP contribution in [-0.2, 0) is 0 Å². The van der Waals surface area contributed by atoms with Gasteiger partial charge in [-0.1, -0.05) is 44.5 Å². The zero-order valence-electron chi connectivity index (χ0n) is 11.9. The van der Waals surface area contributed by atoms with E-state index in [2.05, 4.69) is 55.3 Å². The predicted octanol–water partition coefficient (Wildman–Crippen LogP) is 3.19. The molecule has 1 unspecified atom stereocenters. The summed E-state index contributed by atoms with van der Waals surface area (Å²) in [5.41, 5.74) is 9.25. The van der Waals surface area contributed by atoms with Crippen molar-refractivity contribution in [2.75, 3.05) is 0 Å². The molecule has 1 aromatic carbocycles. The monoisotopic (exact) mass is 258 g/mol. The lowest BCUT2D eigenvalue weighted by molar-refractivity contribution is 0.619. The van der Waals surface area contributed by atoms with Crippen molar-refractivity contribution in [2.24, 2.45) is 5.73 Å². The highest BCUT2D eigenvalue weighted by Crippen LogP contribution is 2.18. The molecule has 0 aliphatic rings. The van der Waals surface area contributed by atoms with Crippen LogP contribution in [0, 0.1) is 0 Å². The lowest BCUT2D eigenvalue weighted by Crippen LogP contribution is -2.10. The zero-order valence-corrected chi connectivity index (χ0v) is 11.9. The van der Waals surface area contributed by atoms with Crippen LogP contribution in [0.5, 0.6) is 0 Å². The number of benzene rings is 1. The fourth-order valence-corrected chi connectivity index (χ4v) is 2.04. The van der Waals surface area contributed by atoms with Gasteiger partial charge in [0.25, 0.3) is 0 Å². The first-order valence-electron chi connectivity index (χ1n) is 6.90. The third kappa shape index (κ3) is 3.20. The maximum atomic E-state index is 6.04. The molecule has 0 saturated heterocycles. The molecular formula is C15H22N4. The molecule has 1 aromatic heterocycles. The summed E-state index contributed by atoms with van der Waals surface area (Å²) in [4.78, 5) is 0. The number of hydrogen-bond acceptors (Lipinski definition) is 3. The van der Waals surface area contributed by atoms with E-state index in [1.54, 1.807) is 4.68 Å². The molecule has 1 heterocycles. The number of rotatable bonds is 5. The van der Waals surface area contributed by atoms with E-state index in [0.717, 1.165) is 24.2 Å². The van der Waals surface area contributed by atoms with Gasteiger partial charge >= 0.3 is 0 Å². The van der Waals surface area contributed by atoms with E-state index in [-0.39, 0.29) is 6.04 Å². The summed E-state index contributed by atoms with van der Waals surface area (Å²) in [5, 5.41) is 8.31. The van der Waals surface area contributed by atoms with E-state index in [9.17, 15) is 0 Å². The van der Waals surface area contributed by atoms with Crippen molar-refractivity contribution in [1.29, 1.82) is 0 Å². The average molecular weight is 258 g/mol. The Balaban J connectivity index is 2.18. The Kier molecular flexibility index (Phi) is 4.32. The number of hydrogen-bond donors (Lipinski definition) is 1. The summed E-state index contributed by atoms with van der Waals surface area (Å²) in [7, 11) is 0. The first-order valence-corrected chi connectivity index (χ1v) is 6.90. The van der Waals surface area contributed by atoms with Crippen LogP contribution < -0.4 is 5.73 Å². The Hall–Kier alpha value is -1.68. The molecule has 102 valence electrons. The molecule has 0 amide bonds. The highest BCUT2D eigenvalue weighted by Gasteiger charge is 2.10. The molecule has 2 aromatic rings. The molecule has 19 heavy (non-hydrogen) atoms. The van der Waals surface area contributed by atoms with Gasteiger partial charge in [-0.3, -0.25) is 0 Å². The molecule has 0 bridgehead atoms. The van der Waals surface area contributed by atoms with E-state index in [4.69, 9.17) is 5.73 Å². The summed E-state index contributed by atoms with van der Waals surface area (Å²) >= 11 is 0.